The zero-order valence-electron chi connectivity index (χ0n) is 7.58. The zero-order valence-corrected chi connectivity index (χ0v) is 8.40. The van der Waals surface area contributed by atoms with E-state index in [0.717, 1.165) is 5.56 Å². The first kappa shape index (κ1) is 8.39. The molecule has 0 bridgehead atoms. The Morgan fingerprint density at radius 2 is 2.08 bits per heavy atom. The summed E-state index contributed by atoms with van der Waals surface area (Å²) in [6.07, 6.45) is 0. The van der Waals surface area contributed by atoms with Gasteiger partial charge in [-0.3, -0.25) is 0 Å². The second-order valence-corrected chi connectivity index (χ2v) is 4.07. The first-order valence-corrected chi connectivity index (χ1v) is 5.12. The number of rotatable bonds is 1. The van der Waals surface area contributed by atoms with Crippen LogP contribution in [0.3, 0.4) is 0 Å². The molecule has 0 spiro atoms. The Hall–Kier alpha value is -1.21. The molecule has 0 aliphatic rings. The lowest BCUT2D eigenvalue weighted by Crippen LogP contribution is -1.80. The minimum atomic E-state index is 1.11. The van der Waals surface area contributed by atoms with E-state index in [1.807, 2.05) is 0 Å². The summed E-state index contributed by atoms with van der Waals surface area (Å²) >= 11 is 1.77. The second-order valence-electron chi connectivity index (χ2n) is 3.12. The Kier molecular flexibility index (Phi) is 2.11. The predicted octanol–water partition coefficient (Wildman–Crippen LogP) is 3.91. The minimum Gasteiger partial charge on any atom is -0.198 e. The van der Waals surface area contributed by atoms with E-state index in [2.05, 4.69) is 49.6 Å². The quantitative estimate of drug-likeness (QED) is 0.594. The van der Waals surface area contributed by atoms with Gasteiger partial charge in [0.05, 0.1) is 0 Å². The average Bonchev–Trinajstić information content (AvgIpc) is 2.62. The van der Waals surface area contributed by atoms with Crippen LogP contribution in [0.5, 0.6) is 0 Å². The summed E-state index contributed by atoms with van der Waals surface area (Å²) in [6.45, 7) is 6.04. The van der Waals surface area contributed by atoms with Crippen molar-refractivity contribution < 1.29 is 0 Å². The van der Waals surface area contributed by atoms with Gasteiger partial charge in [-0.25, -0.2) is 0 Å². The third kappa shape index (κ3) is 1.61. The number of hydrogen-bond donors (Lipinski definition) is 0. The zero-order chi connectivity index (χ0) is 9.26. The molecule has 0 atom stereocenters. The van der Waals surface area contributed by atoms with E-state index in [9.17, 15) is 0 Å². The summed E-state index contributed by atoms with van der Waals surface area (Å²) < 4.78 is 0. The van der Waals surface area contributed by atoms with Crippen LogP contribution in [0.2, 0.25) is 0 Å². The SMILES string of the molecule is [CH2-]c1ccc(-c2cccs2)cc1C. The third-order valence-corrected chi connectivity index (χ3v) is 3.07. The summed E-state index contributed by atoms with van der Waals surface area (Å²) in [5, 5.41) is 2.10. The summed E-state index contributed by atoms with van der Waals surface area (Å²) in [7, 11) is 0. The summed E-state index contributed by atoms with van der Waals surface area (Å²) in [5.41, 5.74) is 3.66. The van der Waals surface area contributed by atoms with E-state index < -0.39 is 0 Å². The van der Waals surface area contributed by atoms with E-state index >= 15 is 0 Å². The number of hydrogen-bond acceptors (Lipinski definition) is 1. The van der Waals surface area contributed by atoms with Crippen LogP contribution in [0.4, 0.5) is 0 Å². The van der Waals surface area contributed by atoms with Gasteiger partial charge in [0.15, 0.2) is 0 Å². The molecule has 13 heavy (non-hydrogen) atoms. The van der Waals surface area contributed by atoms with Crippen LogP contribution in [-0.2, 0) is 0 Å². The van der Waals surface area contributed by atoms with Crippen molar-refractivity contribution in [1.82, 2.24) is 0 Å². The Bertz CT molecular complexity index is 399. The molecule has 1 aromatic carbocycles. The number of thiophene rings is 1. The molecule has 2 rings (SSSR count). The largest absolute Gasteiger partial charge is 0.198 e. The van der Waals surface area contributed by atoms with Gasteiger partial charge in [-0.15, -0.1) is 23.5 Å². The number of benzene rings is 1. The van der Waals surface area contributed by atoms with Gasteiger partial charge in [-0.05, 0) is 17.0 Å². The summed E-state index contributed by atoms with van der Waals surface area (Å²) in [6, 6.07) is 10.6. The van der Waals surface area contributed by atoms with Crippen LogP contribution in [0.25, 0.3) is 10.4 Å². The first-order chi connectivity index (χ1) is 6.27. The molecule has 1 heteroatoms. The first-order valence-electron chi connectivity index (χ1n) is 4.24. The second kappa shape index (κ2) is 3.27. The van der Waals surface area contributed by atoms with Gasteiger partial charge in [-0.1, -0.05) is 13.0 Å². The lowest BCUT2D eigenvalue weighted by atomic mass is 10.1. The van der Waals surface area contributed by atoms with Gasteiger partial charge in [0, 0.05) is 4.88 Å². The van der Waals surface area contributed by atoms with Crippen LogP contribution in [0.15, 0.2) is 35.7 Å². The standard InChI is InChI=1S/C12H11S/c1-9-5-6-11(8-10(9)2)12-4-3-7-13-12/h3-8H,1H2,2H3/q-1. The highest BCUT2D eigenvalue weighted by Gasteiger charge is 1.95. The highest BCUT2D eigenvalue weighted by molar-refractivity contribution is 7.13. The molecule has 0 saturated carbocycles. The van der Waals surface area contributed by atoms with Crippen molar-refractivity contribution in [2.45, 2.75) is 6.92 Å². The van der Waals surface area contributed by atoms with Crippen molar-refractivity contribution in [3.63, 3.8) is 0 Å². The van der Waals surface area contributed by atoms with Gasteiger partial charge in [0.1, 0.15) is 0 Å². The van der Waals surface area contributed by atoms with Crippen molar-refractivity contribution in [3.8, 4) is 10.4 Å². The fourth-order valence-corrected chi connectivity index (χ4v) is 2.02. The van der Waals surface area contributed by atoms with E-state index in [4.69, 9.17) is 0 Å². The molecule has 0 nitrogen and oxygen atoms in total. The highest BCUT2D eigenvalue weighted by Crippen LogP contribution is 2.26. The molecular formula is C12H11S-. The van der Waals surface area contributed by atoms with Crippen LogP contribution >= 0.6 is 11.3 Å². The third-order valence-electron chi connectivity index (χ3n) is 2.15. The fraction of sp³-hybridized carbons (Fsp3) is 0.0833. The summed E-state index contributed by atoms with van der Waals surface area (Å²) in [5.74, 6) is 0. The molecule has 0 saturated heterocycles. The van der Waals surface area contributed by atoms with Crippen molar-refractivity contribution in [1.29, 1.82) is 0 Å². The van der Waals surface area contributed by atoms with Gasteiger partial charge in [0.25, 0.3) is 0 Å². The molecule has 0 amide bonds. The van der Waals surface area contributed by atoms with Gasteiger partial charge < -0.3 is 0 Å². The average molecular weight is 187 g/mol. The van der Waals surface area contributed by atoms with E-state index in [1.54, 1.807) is 11.3 Å². The monoisotopic (exact) mass is 187 g/mol. The Morgan fingerprint density at radius 1 is 1.23 bits per heavy atom. The normalized spacial score (nSPS) is 10.2. The maximum atomic E-state index is 3.95. The molecule has 0 aliphatic carbocycles. The molecule has 0 aliphatic heterocycles. The molecule has 66 valence electrons. The molecule has 0 fully saturated rings. The molecule has 0 N–H and O–H groups in total. The maximum Gasteiger partial charge on any atom is 0.0321 e. The minimum absolute atomic E-state index is 1.11. The maximum absolute atomic E-state index is 3.95. The van der Waals surface area contributed by atoms with Crippen molar-refractivity contribution in [3.05, 3.63) is 53.8 Å². The van der Waals surface area contributed by atoms with E-state index in [1.165, 1.54) is 16.0 Å². The molecule has 1 aromatic heterocycles. The van der Waals surface area contributed by atoms with Gasteiger partial charge >= 0.3 is 0 Å². The molecule has 2 aromatic rings. The van der Waals surface area contributed by atoms with Gasteiger partial charge in [-0.2, -0.15) is 24.1 Å². The van der Waals surface area contributed by atoms with Crippen molar-refractivity contribution in [2.24, 2.45) is 0 Å². The van der Waals surface area contributed by atoms with Crippen molar-refractivity contribution in [2.75, 3.05) is 0 Å². The van der Waals surface area contributed by atoms with Crippen molar-refractivity contribution >= 4 is 11.3 Å². The topological polar surface area (TPSA) is 0 Å². The fourth-order valence-electron chi connectivity index (χ4n) is 1.29. The highest BCUT2D eigenvalue weighted by atomic mass is 32.1. The predicted molar refractivity (Wildman–Crippen MR) is 59.0 cm³/mol. The summed E-state index contributed by atoms with van der Waals surface area (Å²) in [4.78, 5) is 1.32. The Labute approximate surface area is 82.9 Å². The molecule has 0 radical (unpaired) electrons. The lowest BCUT2D eigenvalue weighted by Gasteiger charge is -2.09. The smallest absolute Gasteiger partial charge is 0.0321 e. The van der Waals surface area contributed by atoms with Gasteiger partial charge in [0.2, 0.25) is 0 Å². The Morgan fingerprint density at radius 3 is 2.69 bits per heavy atom. The van der Waals surface area contributed by atoms with Crippen LogP contribution < -0.4 is 0 Å². The lowest BCUT2D eigenvalue weighted by molar-refractivity contribution is 1.42. The van der Waals surface area contributed by atoms with Crippen LogP contribution in [-0.4, -0.2) is 0 Å². The molecule has 1 heterocycles. The van der Waals surface area contributed by atoms with E-state index in [-0.39, 0.29) is 0 Å². The number of aryl methyl sites for hydroxylation is 1. The molecule has 0 unspecified atom stereocenters. The Balaban J connectivity index is 2.49. The van der Waals surface area contributed by atoms with E-state index in [0.29, 0.717) is 0 Å². The molecular weight excluding hydrogens is 176 g/mol. The van der Waals surface area contributed by atoms with Crippen LogP contribution in [0, 0.1) is 13.8 Å². The van der Waals surface area contributed by atoms with Crippen LogP contribution in [0.1, 0.15) is 11.1 Å².